The molecule has 2 aliphatic rings. The fourth-order valence-electron chi connectivity index (χ4n) is 10.4. The summed E-state index contributed by atoms with van der Waals surface area (Å²) < 4.78 is 58.3. The summed E-state index contributed by atoms with van der Waals surface area (Å²) >= 11 is 0. The van der Waals surface area contributed by atoms with E-state index in [1.54, 1.807) is 60.7 Å². The van der Waals surface area contributed by atoms with Gasteiger partial charge in [0.15, 0.2) is 0 Å². The molecule has 10 rings (SSSR count). The van der Waals surface area contributed by atoms with Gasteiger partial charge in [0.05, 0.1) is 75.1 Å². The summed E-state index contributed by atoms with van der Waals surface area (Å²) in [5.41, 5.74) is 2.60. The number of unbranched alkanes of at least 4 members (excludes halogenated alkanes) is 6. The highest BCUT2D eigenvalue weighted by molar-refractivity contribution is 6.11. The Morgan fingerprint density at radius 3 is 1.02 bits per heavy atom. The molecule has 2 aliphatic heterocycles. The lowest BCUT2D eigenvalue weighted by Gasteiger charge is -2.40. The van der Waals surface area contributed by atoms with Gasteiger partial charge < -0.3 is 47.4 Å². The number of hydrogen-bond donors (Lipinski definition) is 0. The van der Waals surface area contributed by atoms with Gasteiger partial charge in [-0.25, -0.2) is 19.2 Å². The maximum Gasteiger partial charge on any atom is 0.343 e. The van der Waals surface area contributed by atoms with Crippen molar-refractivity contribution >= 4 is 45.4 Å². The monoisotopic (exact) mass is 1160 g/mol. The first kappa shape index (κ1) is 60.7. The summed E-state index contributed by atoms with van der Waals surface area (Å²) in [5, 5.41) is 3.22. The average molecular weight is 1160 g/mol. The van der Waals surface area contributed by atoms with Crippen LogP contribution in [-0.4, -0.2) is 89.9 Å². The van der Waals surface area contributed by atoms with E-state index in [1.807, 2.05) is 60.7 Å². The molecule has 8 aromatic rings. The van der Waals surface area contributed by atoms with Crippen molar-refractivity contribution in [3.8, 4) is 45.6 Å². The lowest BCUT2D eigenvalue weighted by atomic mass is 9.84. The third-order valence-corrected chi connectivity index (χ3v) is 16.1. The van der Waals surface area contributed by atoms with Crippen LogP contribution in [-0.2, 0) is 18.9 Å². The number of rotatable bonds is 31. The molecule has 0 aromatic heterocycles. The van der Waals surface area contributed by atoms with Crippen LogP contribution in [0.3, 0.4) is 0 Å². The second kappa shape index (κ2) is 29.6. The minimum atomic E-state index is -0.662. The van der Waals surface area contributed by atoms with E-state index in [2.05, 4.69) is 13.8 Å². The number of ether oxygens (including phenoxy) is 10. The van der Waals surface area contributed by atoms with Crippen LogP contribution < -0.4 is 28.4 Å². The predicted molar refractivity (Wildman–Crippen MR) is 329 cm³/mol. The third-order valence-electron chi connectivity index (χ3n) is 16.1. The maximum atomic E-state index is 14.1. The number of esters is 4. The van der Waals surface area contributed by atoms with Gasteiger partial charge in [-0.3, -0.25) is 0 Å². The zero-order chi connectivity index (χ0) is 59.6. The van der Waals surface area contributed by atoms with E-state index in [0.29, 0.717) is 47.0 Å². The zero-order valence-electron chi connectivity index (χ0n) is 49.0. The molecule has 0 bridgehead atoms. The molecule has 14 heteroatoms. The number of benzene rings is 8. The molecule has 2 saturated heterocycles. The number of carbonyl (C=O) groups is 4. The van der Waals surface area contributed by atoms with Gasteiger partial charge in [-0.05, 0) is 182 Å². The Bertz CT molecular complexity index is 3300. The minimum absolute atomic E-state index is 0.208. The summed E-state index contributed by atoms with van der Waals surface area (Å²) in [5.74, 6) is -0.185. The van der Waals surface area contributed by atoms with Gasteiger partial charge in [-0.15, -0.1) is 0 Å². The standard InChI is InChI=1S/C72H74O14/c1-3-71(47-79-48-71)45-77-41-13-5-7-15-43-81-57-31-21-53(22-32-57)67(73)83-59-35-25-55(26-36-59)69(75)85-63-39-29-51-17-9-11-19-61(51)65(63)66-62-20-12-10-18-52(62)30-40-64(66)86-70(76)56-27-37-60(38-28-56)84-68(74)54-23-33-58(34-24-54)82-44-16-8-6-14-42-78-46-72(4-2)49-80-50-72/h9-12,17-40H,3-8,13-16,41-50H2,1-2H3. The number of carbonyl (C=O) groups excluding carboxylic acids is 4. The molecule has 0 aliphatic carbocycles. The highest BCUT2D eigenvalue weighted by Crippen LogP contribution is 2.46. The first-order valence-electron chi connectivity index (χ1n) is 30.0. The summed E-state index contributed by atoms with van der Waals surface area (Å²) in [6, 6.07) is 48.4. The van der Waals surface area contributed by atoms with Crippen LogP contribution in [0, 0.1) is 10.8 Å². The van der Waals surface area contributed by atoms with Crippen molar-refractivity contribution < 1.29 is 66.5 Å². The van der Waals surface area contributed by atoms with Gasteiger partial charge in [0, 0.05) is 35.2 Å². The summed E-state index contributed by atoms with van der Waals surface area (Å²) in [6.45, 7) is 11.8. The van der Waals surface area contributed by atoms with Crippen LogP contribution in [0.5, 0.6) is 34.5 Å². The van der Waals surface area contributed by atoms with Gasteiger partial charge in [0.2, 0.25) is 0 Å². The Kier molecular flexibility index (Phi) is 20.9. The second-order valence-corrected chi connectivity index (χ2v) is 22.3. The smallest absolute Gasteiger partial charge is 0.343 e. The van der Waals surface area contributed by atoms with E-state index < -0.39 is 23.9 Å². The van der Waals surface area contributed by atoms with Crippen LogP contribution in [0.2, 0.25) is 0 Å². The Hall–Kier alpha value is -8.40. The normalized spacial score (nSPS) is 13.9. The van der Waals surface area contributed by atoms with Crippen molar-refractivity contribution in [1.82, 2.24) is 0 Å². The van der Waals surface area contributed by atoms with Gasteiger partial charge in [0.25, 0.3) is 0 Å². The number of hydrogen-bond acceptors (Lipinski definition) is 14. The predicted octanol–water partition coefficient (Wildman–Crippen LogP) is 15.3. The molecular formula is C72H74O14. The second-order valence-electron chi connectivity index (χ2n) is 22.3. The van der Waals surface area contributed by atoms with Crippen molar-refractivity contribution in [3.63, 3.8) is 0 Å². The van der Waals surface area contributed by atoms with Crippen LogP contribution >= 0.6 is 0 Å². The van der Waals surface area contributed by atoms with Gasteiger partial charge >= 0.3 is 23.9 Å². The number of fused-ring (bicyclic) bond motifs is 2. The molecule has 14 nitrogen and oxygen atoms in total. The highest BCUT2D eigenvalue weighted by Gasteiger charge is 2.38. The van der Waals surface area contributed by atoms with Gasteiger partial charge in [-0.1, -0.05) is 87.4 Å². The highest BCUT2D eigenvalue weighted by atomic mass is 16.6. The fraction of sp³-hybridized carbons (Fsp3) is 0.333. The largest absolute Gasteiger partial charge is 0.494 e. The third kappa shape index (κ3) is 15.7. The molecular weight excluding hydrogens is 1090 g/mol. The van der Waals surface area contributed by atoms with Crippen molar-refractivity contribution in [3.05, 3.63) is 192 Å². The topological polar surface area (TPSA) is 161 Å². The molecule has 0 spiro atoms. The fourth-order valence-corrected chi connectivity index (χ4v) is 10.4. The molecule has 0 unspecified atom stereocenters. The summed E-state index contributed by atoms with van der Waals surface area (Å²) in [6.07, 6.45) is 10.2. The van der Waals surface area contributed by atoms with E-state index in [9.17, 15) is 19.2 Å². The molecule has 446 valence electrons. The summed E-state index contributed by atoms with van der Waals surface area (Å²) in [4.78, 5) is 54.5. The maximum absolute atomic E-state index is 14.1. The van der Waals surface area contributed by atoms with E-state index >= 15 is 0 Å². The van der Waals surface area contributed by atoms with Crippen LogP contribution in [0.1, 0.15) is 119 Å². The first-order valence-corrected chi connectivity index (χ1v) is 30.0. The molecule has 2 fully saturated rings. The molecule has 0 atom stereocenters. The van der Waals surface area contributed by atoms with Crippen molar-refractivity contribution in [2.24, 2.45) is 10.8 Å². The van der Waals surface area contributed by atoms with Gasteiger partial charge in [0.1, 0.15) is 34.5 Å². The van der Waals surface area contributed by atoms with Gasteiger partial charge in [-0.2, -0.15) is 0 Å². The average Bonchev–Trinajstić information content (AvgIpc) is 1.03. The SMILES string of the molecule is CCC1(COCCCCCCOc2ccc(C(=O)Oc3ccc(C(=O)Oc4ccc5ccccc5c4-c4c(OC(=O)c5ccc(OC(=O)c6ccc(OCCCCCCOCC7(CC)COC7)cc6)cc5)ccc5ccccc45)cc3)cc2)COC1. The van der Waals surface area contributed by atoms with Crippen molar-refractivity contribution in [2.75, 3.05) is 66.1 Å². The minimum Gasteiger partial charge on any atom is -0.494 e. The molecule has 0 radical (unpaired) electrons. The van der Waals surface area contributed by atoms with Crippen LogP contribution in [0.25, 0.3) is 32.7 Å². The van der Waals surface area contributed by atoms with E-state index in [-0.39, 0.29) is 45.0 Å². The van der Waals surface area contributed by atoms with E-state index in [4.69, 9.17) is 47.4 Å². The van der Waals surface area contributed by atoms with Crippen LogP contribution in [0.4, 0.5) is 0 Å². The van der Waals surface area contributed by atoms with E-state index in [1.165, 1.54) is 48.5 Å². The first-order chi connectivity index (χ1) is 42.1. The van der Waals surface area contributed by atoms with Crippen LogP contribution in [0.15, 0.2) is 170 Å². The quantitative estimate of drug-likeness (QED) is 0.0229. The molecule has 86 heavy (non-hydrogen) atoms. The van der Waals surface area contributed by atoms with Crippen molar-refractivity contribution in [1.29, 1.82) is 0 Å². The molecule has 8 aromatic carbocycles. The summed E-state index contributed by atoms with van der Waals surface area (Å²) in [7, 11) is 0. The zero-order valence-corrected chi connectivity index (χ0v) is 49.0. The Labute approximate surface area is 502 Å². The molecule has 0 saturated carbocycles. The Balaban J connectivity index is 0.723. The molecule has 2 heterocycles. The molecule has 0 N–H and O–H groups in total. The Morgan fingerprint density at radius 1 is 0.360 bits per heavy atom. The van der Waals surface area contributed by atoms with Crippen molar-refractivity contribution in [2.45, 2.75) is 78.1 Å². The lowest BCUT2D eigenvalue weighted by Crippen LogP contribution is -2.45. The lowest BCUT2D eigenvalue weighted by molar-refractivity contribution is -0.150. The molecule has 0 amide bonds. The Morgan fingerprint density at radius 2 is 0.686 bits per heavy atom. The van der Waals surface area contributed by atoms with E-state index in [0.717, 1.165) is 139 Å².